The van der Waals surface area contributed by atoms with E-state index in [-0.39, 0.29) is 5.91 Å². The number of primary amides is 1. The van der Waals surface area contributed by atoms with E-state index in [2.05, 4.69) is 10.6 Å². The minimum atomic E-state index is -0.493. The molecule has 2 amide bonds. The number of nitrogens with one attached hydrogen (secondary N) is 2. The molecular formula is C14H19N3O2. The second kappa shape index (κ2) is 6.33. The molecule has 102 valence electrons. The first-order valence-electron chi connectivity index (χ1n) is 6.55. The summed E-state index contributed by atoms with van der Waals surface area (Å²) in [6.07, 6.45) is 2.71. The van der Waals surface area contributed by atoms with Crippen molar-refractivity contribution in [3.8, 4) is 0 Å². The molecule has 0 spiro atoms. The summed E-state index contributed by atoms with van der Waals surface area (Å²) >= 11 is 0. The Morgan fingerprint density at radius 2 is 2.26 bits per heavy atom. The third-order valence-electron chi connectivity index (χ3n) is 3.30. The molecule has 4 N–H and O–H groups in total. The first kappa shape index (κ1) is 13.5. The molecule has 1 saturated heterocycles. The molecule has 0 saturated carbocycles. The zero-order valence-corrected chi connectivity index (χ0v) is 10.8. The van der Waals surface area contributed by atoms with Gasteiger partial charge in [0, 0.05) is 17.7 Å². The summed E-state index contributed by atoms with van der Waals surface area (Å²) in [5.41, 5.74) is 6.22. The second-order valence-corrected chi connectivity index (χ2v) is 4.91. The Kier molecular flexibility index (Phi) is 4.52. The number of amides is 2. The quantitative estimate of drug-likeness (QED) is 0.759. The Labute approximate surface area is 112 Å². The number of carbonyl (C=O) groups excluding carboxylic acids is 2. The standard InChI is InChI=1S/C14H19N3O2/c15-14(19)11-4-1-5-12(8-11)17-13(18)7-10-3-2-6-16-9-10/h1,4-5,8,10,16H,2-3,6-7,9H2,(H2,15,19)(H,17,18). The third-order valence-corrected chi connectivity index (χ3v) is 3.30. The summed E-state index contributed by atoms with van der Waals surface area (Å²) in [4.78, 5) is 23.0. The average molecular weight is 261 g/mol. The van der Waals surface area contributed by atoms with Gasteiger partial charge in [0.15, 0.2) is 0 Å². The van der Waals surface area contributed by atoms with E-state index in [1.165, 1.54) is 0 Å². The molecule has 1 unspecified atom stereocenters. The molecule has 1 aromatic carbocycles. The van der Waals surface area contributed by atoms with E-state index < -0.39 is 5.91 Å². The lowest BCUT2D eigenvalue weighted by molar-refractivity contribution is -0.117. The van der Waals surface area contributed by atoms with Crippen molar-refractivity contribution >= 4 is 17.5 Å². The van der Waals surface area contributed by atoms with Crippen LogP contribution < -0.4 is 16.4 Å². The SMILES string of the molecule is NC(=O)c1cccc(NC(=O)CC2CCCNC2)c1. The van der Waals surface area contributed by atoms with Crippen LogP contribution in [0.5, 0.6) is 0 Å². The van der Waals surface area contributed by atoms with Gasteiger partial charge in [0.25, 0.3) is 0 Å². The lowest BCUT2D eigenvalue weighted by Gasteiger charge is -2.22. The van der Waals surface area contributed by atoms with E-state index in [1.807, 2.05) is 0 Å². The maximum absolute atomic E-state index is 11.9. The predicted octanol–water partition coefficient (Wildman–Crippen LogP) is 1.11. The molecule has 19 heavy (non-hydrogen) atoms. The Morgan fingerprint density at radius 1 is 1.42 bits per heavy atom. The molecular weight excluding hydrogens is 242 g/mol. The molecule has 0 aromatic heterocycles. The van der Waals surface area contributed by atoms with Gasteiger partial charge in [-0.15, -0.1) is 0 Å². The summed E-state index contributed by atoms with van der Waals surface area (Å²) < 4.78 is 0. The summed E-state index contributed by atoms with van der Waals surface area (Å²) in [5, 5.41) is 6.10. The molecule has 1 aliphatic rings. The molecule has 1 fully saturated rings. The van der Waals surface area contributed by atoms with Gasteiger partial charge in [-0.1, -0.05) is 6.07 Å². The molecule has 1 heterocycles. The largest absolute Gasteiger partial charge is 0.366 e. The lowest BCUT2D eigenvalue weighted by Crippen LogP contribution is -2.32. The highest BCUT2D eigenvalue weighted by molar-refractivity contribution is 5.96. The van der Waals surface area contributed by atoms with E-state index in [1.54, 1.807) is 24.3 Å². The van der Waals surface area contributed by atoms with Crippen LogP contribution in [0.3, 0.4) is 0 Å². The normalized spacial score (nSPS) is 18.8. The first-order valence-corrected chi connectivity index (χ1v) is 6.55. The number of nitrogens with two attached hydrogens (primary N) is 1. The van der Waals surface area contributed by atoms with Crippen LogP contribution in [0.4, 0.5) is 5.69 Å². The van der Waals surface area contributed by atoms with Crippen LogP contribution in [-0.4, -0.2) is 24.9 Å². The number of benzene rings is 1. The molecule has 5 nitrogen and oxygen atoms in total. The number of carbonyl (C=O) groups is 2. The molecule has 1 aliphatic heterocycles. The summed E-state index contributed by atoms with van der Waals surface area (Å²) in [6.45, 7) is 1.94. The molecule has 1 aromatic rings. The fourth-order valence-electron chi connectivity index (χ4n) is 2.32. The minimum Gasteiger partial charge on any atom is -0.366 e. The third kappa shape index (κ3) is 4.06. The lowest BCUT2D eigenvalue weighted by atomic mass is 9.96. The van der Waals surface area contributed by atoms with E-state index in [0.29, 0.717) is 23.6 Å². The molecule has 2 rings (SSSR count). The summed E-state index contributed by atoms with van der Waals surface area (Å²) in [5.74, 6) is -0.115. The summed E-state index contributed by atoms with van der Waals surface area (Å²) in [7, 11) is 0. The smallest absolute Gasteiger partial charge is 0.248 e. The van der Waals surface area contributed by atoms with Gasteiger partial charge in [0.05, 0.1) is 0 Å². The van der Waals surface area contributed by atoms with Gasteiger partial charge in [0.1, 0.15) is 0 Å². The molecule has 0 aliphatic carbocycles. The second-order valence-electron chi connectivity index (χ2n) is 4.91. The zero-order chi connectivity index (χ0) is 13.7. The van der Waals surface area contributed by atoms with Gasteiger partial charge in [0.2, 0.25) is 11.8 Å². The van der Waals surface area contributed by atoms with Crippen LogP contribution in [0.1, 0.15) is 29.6 Å². The molecule has 0 bridgehead atoms. The Balaban J connectivity index is 1.90. The molecule has 0 radical (unpaired) electrons. The van der Waals surface area contributed by atoms with Crippen LogP contribution in [0, 0.1) is 5.92 Å². The van der Waals surface area contributed by atoms with Crippen molar-refractivity contribution in [2.24, 2.45) is 11.7 Å². The zero-order valence-electron chi connectivity index (χ0n) is 10.8. The highest BCUT2D eigenvalue weighted by Crippen LogP contribution is 2.16. The Morgan fingerprint density at radius 3 is 2.95 bits per heavy atom. The number of hydrogen-bond donors (Lipinski definition) is 3. The molecule has 5 heteroatoms. The van der Waals surface area contributed by atoms with E-state index in [4.69, 9.17) is 5.73 Å². The maximum atomic E-state index is 11.9. The van der Waals surface area contributed by atoms with Crippen LogP contribution >= 0.6 is 0 Å². The van der Waals surface area contributed by atoms with Crippen LogP contribution in [0.15, 0.2) is 24.3 Å². The van der Waals surface area contributed by atoms with E-state index in [0.717, 1.165) is 25.9 Å². The first-order chi connectivity index (χ1) is 9.15. The van der Waals surface area contributed by atoms with E-state index in [9.17, 15) is 9.59 Å². The number of rotatable bonds is 4. The van der Waals surface area contributed by atoms with Gasteiger partial charge < -0.3 is 16.4 Å². The monoisotopic (exact) mass is 261 g/mol. The van der Waals surface area contributed by atoms with Crippen molar-refractivity contribution < 1.29 is 9.59 Å². The fourth-order valence-corrected chi connectivity index (χ4v) is 2.32. The van der Waals surface area contributed by atoms with Gasteiger partial charge >= 0.3 is 0 Å². The predicted molar refractivity (Wildman–Crippen MR) is 73.8 cm³/mol. The summed E-state index contributed by atoms with van der Waals surface area (Å²) in [6, 6.07) is 6.68. The van der Waals surface area contributed by atoms with Crippen LogP contribution in [0.2, 0.25) is 0 Å². The van der Waals surface area contributed by atoms with Gasteiger partial charge in [-0.3, -0.25) is 9.59 Å². The highest BCUT2D eigenvalue weighted by Gasteiger charge is 2.16. The minimum absolute atomic E-state index is 0.0182. The van der Waals surface area contributed by atoms with Gasteiger partial charge in [-0.05, 0) is 50.0 Å². The number of hydrogen-bond acceptors (Lipinski definition) is 3. The van der Waals surface area contributed by atoms with Crippen molar-refractivity contribution in [2.45, 2.75) is 19.3 Å². The van der Waals surface area contributed by atoms with Crippen LogP contribution in [-0.2, 0) is 4.79 Å². The van der Waals surface area contributed by atoms with Crippen molar-refractivity contribution in [1.82, 2.24) is 5.32 Å². The molecule has 1 atom stereocenters. The van der Waals surface area contributed by atoms with E-state index >= 15 is 0 Å². The fraction of sp³-hybridized carbons (Fsp3) is 0.429. The Hall–Kier alpha value is -1.88. The maximum Gasteiger partial charge on any atom is 0.248 e. The van der Waals surface area contributed by atoms with Crippen molar-refractivity contribution in [3.05, 3.63) is 29.8 Å². The Bertz CT molecular complexity index is 468. The van der Waals surface area contributed by atoms with Crippen molar-refractivity contribution in [3.63, 3.8) is 0 Å². The van der Waals surface area contributed by atoms with Gasteiger partial charge in [-0.2, -0.15) is 0 Å². The van der Waals surface area contributed by atoms with Crippen molar-refractivity contribution in [1.29, 1.82) is 0 Å². The highest BCUT2D eigenvalue weighted by atomic mass is 16.2. The average Bonchev–Trinajstić information content (AvgIpc) is 2.40. The number of anilines is 1. The van der Waals surface area contributed by atoms with Crippen molar-refractivity contribution in [2.75, 3.05) is 18.4 Å². The van der Waals surface area contributed by atoms with Gasteiger partial charge in [-0.25, -0.2) is 0 Å². The topological polar surface area (TPSA) is 84.2 Å². The van der Waals surface area contributed by atoms with Crippen LogP contribution in [0.25, 0.3) is 0 Å². The number of piperidine rings is 1.